The Morgan fingerprint density at radius 3 is 2.76 bits per heavy atom. The second kappa shape index (κ2) is 7.95. The molecule has 1 saturated heterocycles. The highest BCUT2D eigenvalue weighted by Gasteiger charge is 2.29. The van der Waals surface area contributed by atoms with Gasteiger partial charge in [-0.1, -0.05) is 24.3 Å². The van der Waals surface area contributed by atoms with Gasteiger partial charge in [0, 0.05) is 43.9 Å². The van der Waals surface area contributed by atoms with Gasteiger partial charge in [0.25, 0.3) is 5.56 Å². The maximum Gasteiger partial charge on any atom is 0.255 e. The van der Waals surface area contributed by atoms with Crippen LogP contribution in [0.4, 0.5) is 5.95 Å². The second-order valence-corrected chi connectivity index (χ2v) is 7.40. The van der Waals surface area contributed by atoms with Gasteiger partial charge in [-0.3, -0.25) is 14.2 Å². The summed E-state index contributed by atoms with van der Waals surface area (Å²) in [7, 11) is 1.71. The number of nitrogens with zero attached hydrogens (tertiary/aromatic N) is 5. The van der Waals surface area contributed by atoms with Gasteiger partial charge in [0.1, 0.15) is 6.33 Å². The Balaban J connectivity index is 1.65. The Hall–Kier alpha value is -3.35. The molecule has 148 valence electrons. The number of aryl methyl sites for hydroxylation is 1. The zero-order valence-corrected chi connectivity index (χ0v) is 16.6. The van der Waals surface area contributed by atoms with Crippen molar-refractivity contribution in [3.05, 3.63) is 70.4 Å². The van der Waals surface area contributed by atoms with Crippen LogP contribution in [0, 0.1) is 12.8 Å². The molecule has 1 unspecified atom stereocenters. The molecule has 29 heavy (non-hydrogen) atoms. The summed E-state index contributed by atoms with van der Waals surface area (Å²) in [5.41, 5.74) is 2.72. The molecule has 1 fully saturated rings. The molecule has 0 N–H and O–H groups in total. The maximum absolute atomic E-state index is 13.1. The van der Waals surface area contributed by atoms with Crippen LogP contribution in [-0.2, 0) is 7.05 Å². The van der Waals surface area contributed by atoms with Crippen LogP contribution >= 0.6 is 0 Å². The highest BCUT2D eigenvalue weighted by atomic mass is 16.1. The summed E-state index contributed by atoms with van der Waals surface area (Å²) in [4.78, 5) is 40.5. The Kier molecular flexibility index (Phi) is 5.20. The van der Waals surface area contributed by atoms with Crippen molar-refractivity contribution in [3.63, 3.8) is 0 Å². The number of carbonyl (C=O) groups is 1. The van der Waals surface area contributed by atoms with Gasteiger partial charge in [0.05, 0.1) is 11.4 Å². The highest BCUT2D eigenvalue weighted by molar-refractivity contribution is 5.99. The molecule has 3 aromatic rings. The van der Waals surface area contributed by atoms with E-state index >= 15 is 0 Å². The fraction of sp³-hybridized carbons (Fsp3) is 0.318. The lowest BCUT2D eigenvalue weighted by Crippen LogP contribution is -2.42. The van der Waals surface area contributed by atoms with Gasteiger partial charge in [0.15, 0.2) is 5.78 Å². The molecule has 1 aromatic carbocycles. The van der Waals surface area contributed by atoms with Crippen LogP contribution in [-0.4, -0.2) is 38.4 Å². The van der Waals surface area contributed by atoms with Crippen LogP contribution in [0.3, 0.4) is 0 Å². The first kappa shape index (κ1) is 19.0. The van der Waals surface area contributed by atoms with Crippen LogP contribution in [0.15, 0.2) is 53.7 Å². The van der Waals surface area contributed by atoms with Crippen molar-refractivity contribution >= 4 is 11.7 Å². The van der Waals surface area contributed by atoms with E-state index in [0.29, 0.717) is 23.9 Å². The number of piperidine rings is 1. The van der Waals surface area contributed by atoms with Crippen LogP contribution in [0.5, 0.6) is 0 Å². The first-order chi connectivity index (χ1) is 14.0. The van der Waals surface area contributed by atoms with Crippen LogP contribution in [0.25, 0.3) is 11.4 Å². The van der Waals surface area contributed by atoms with E-state index in [2.05, 4.69) is 9.97 Å². The molecule has 2 aromatic heterocycles. The number of benzene rings is 1. The number of Topliss-reactive ketones (excluding diaryl/α,β-unsaturated/α-hetero) is 1. The average molecular weight is 389 g/mol. The van der Waals surface area contributed by atoms with Crippen LogP contribution in [0.1, 0.15) is 28.8 Å². The predicted octanol–water partition coefficient (Wildman–Crippen LogP) is 2.65. The number of rotatable bonds is 4. The molecule has 0 amide bonds. The molecule has 0 aliphatic carbocycles. The summed E-state index contributed by atoms with van der Waals surface area (Å²) in [6, 6.07) is 10.9. The lowest BCUT2D eigenvalue weighted by molar-refractivity contribution is 0.0906. The van der Waals surface area contributed by atoms with E-state index in [1.165, 1.54) is 17.0 Å². The molecule has 0 saturated carbocycles. The van der Waals surface area contributed by atoms with E-state index in [1.54, 1.807) is 19.3 Å². The number of anilines is 1. The Labute approximate surface area is 169 Å². The molecular formula is C22H23N5O2. The molecule has 0 bridgehead atoms. The van der Waals surface area contributed by atoms with Crippen molar-refractivity contribution in [1.29, 1.82) is 0 Å². The Morgan fingerprint density at radius 2 is 2.00 bits per heavy atom. The molecule has 0 spiro atoms. The quantitative estimate of drug-likeness (QED) is 0.638. The molecule has 4 rings (SSSR count). The summed E-state index contributed by atoms with van der Waals surface area (Å²) in [6.45, 7) is 3.26. The molecule has 0 radical (unpaired) electrons. The Morgan fingerprint density at radius 1 is 1.17 bits per heavy atom. The molecule has 3 heterocycles. The van der Waals surface area contributed by atoms with Crippen molar-refractivity contribution in [1.82, 2.24) is 19.5 Å². The normalized spacial score (nSPS) is 16.6. The highest BCUT2D eigenvalue weighted by Crippen LogP contribution is 2.26. The topological polar surface area (TPSA) is 81.0 Å². The third kappa shape index (κ3) is 3.81. The van der Waals surface area contributed by atoms with Crippen molar-refractivity contribution in [2.24, 2.45) is 13.0 Å². The van der Waals surface area contributed by atoms with Gasteiger partial charge in [-0.25, -0.2) is 15.0 Å². The van der Waals surface area contributed by atoms with Gasteiger partial charge < -0.3 is 4.90 Å². The van der Waals surface area contributed by atoms with Gasteiger partial charge in [-0.2, -0.15) is 0 Å². The summed E-state index contributed by atoms with van der Waals surface area (Å²) in [5.74, 6) is 0.600. The first-order valence-electron chi connectivity index (χ1n) is 9.74. The summed E-state index contributed by atoms with van der Waals surface area (Å²) in [6.07, 6.45) is 4.77. The summed E-state index contributed by atoms with van der Waals surface area (Å²) >= 11 is 0. The fourth-order valence-corrected chi connectivity index (χ4v) is 3.83. The molecule has 1 atom stereocenters. The minimum atomic E-state index is -0.157. The third-order valence-corrected chi connectivity index (χ3v) is 5.44. The molecular weight excluding hydrogens is 366 g/mol. The molecule has 1 aliphatic heterocycles. The zero-order chi connectivity index (χ0) is 20.4. The largest absolute Gasteiger partial charge is 0.341 e. The van der Waals surface area contributed by atoms with Crippen LogP contribution < -0.4 is 10.5 Å². The standard InChI is InChI=1S/C22H23N5O2/c1-15-6-3-4-8-17(15)21(29)16-7-5-11-27(13-16)22-25-19(12-20(28)26(22)2)18-9-10-23-14-24-18/h3-4,6,8-10,12,14,16H,5,7,11,13H2,1-2H3. The SMILES string of the molecule is Cc1ccccc1C(=O)C1CCCN(c2nc(-c3ccncn3)cc(=O)n2C)C1. The maximum atomic E-state index is 13.1. The minimum Gasteiger partial charge on any atom is -0.341 e. The van der Waals surface area contributed by atoms with Crippen LogP contribution in [0.2, 0.25) is 0 Å². The zero-order valence-electron chi connectivity index (χ0n) is 16.6. The Bertz CT molecular complexity index is 1090. The van der Waals surface area contributed by atoms with Crippen molar-refractivity contribution < 1.29 is 4.79 Å². The van der Waals surface area contributed by atoms with Gasteiger partial charge in [-0.15, -0.1) is 0 Å². The van der Waals surface area contributed by atoms with Gasteiger partial charge in [-0.05, 0) is 31.4 Å². The van der Waals surface area contributed by atoms with E-state index in [4.69, 9.17) is 4.98 Å². The fourth-order valence-electron chi connectivity index (χ4n) is 3.83. The number of hydrogen-bond donors (Lipinski definition) is 0. The van der Waals surface area contributed by atoms with Crippen molar-refractivity contribution in [2.75, 3.05) is 18.0 Å². The van der Waals surface area contributed by atoms with Crippen molar-refractivity contribution in [2.45, 2.75) is 19.8 Å². The van der Waals surface area contributed by atoms with E-state index in [9.17, 15) is 9.59 Å². The minimum absolute atomic E-state index is 0.121. The average Bonchev–Trinajstić information content (AvgIpc) is 2.76. The second-order valence-electron chi connectivity index (χ2n) is 7.40. The predicted molar refractivity (Wildman–Crippen MR) is 111 cm³/mol. The molecule has 1 aliphatic rings. The smallest absolute Gasteiger partial charge is 0.255 e. The summed E-state index contributed by atoms with van der Waals surface area (Å²) < 4.78 is 1.53. The molecule has 7 nitrogen and oxygen atoms in total. The van der Waals surface area contributed by atoms with E-state index in [-0.39, 0.29) is 17.3 Å². The van der Waals surface area contributed by atoms with E-state index in [0.717, 1.165) is 30.5 Å². The van der Waals surface area contributed by atoms with Gasteiger partial charge >= 0.3 is 0 Å². The lowest BCUT2D eigenvalue weighted by Gasteiger charge is -2.33. The first-order valence-corrected chi connectivity index (χ1v) is 9.74. The van der Waals surface area contributed by atoms with E-state index < -0.39 is 0 Å². The number of carbonyl (C=O) groups excluding carboxylic acids is 1. The third-order valence-electron chi connectivity index (χ3n) is 5.44. The van der Waals surface area contributed by atoms with Crippen molar-refractivity contribution in [3.8, 4) is 11.4 Å². The lowest BCUT2D eigenvalue weighted by atomic mass is 9.88. The number of hydrogen-bond acceptors (Lipinski definition) is 6. The number of aromatic nitrogens is 4. The monoisotopic (exact) mass is 389 g/mol. The molecule has 7 heteroatoms. The van der Waals surface area contributed by atoms with Gasteiger partial charge in [0.2, 0.25) is 5.95 Å². The summed E-state index contributed by atoms with van der Waals surface area (Å²) in [5, 5.41) is 0. The van der Waals surface area contributed by atoms with E-state index in [1.807, 2.05) is 36.1 Å². The number of ketones is 1.